The van der Waals surface area contributed by atoms with Crippen molar-refractivity contribution >= 4 is 18.1 Å². The minimum Gasteiger partial charge on any atom is -0.469 e. The Labute approximate surface area is 143 Å². The normalized spacial score (nSPS) is 11.5. The molecule has 0 aliphatic heterocycles. The van der Waals surface area contributed by atoms with E-state index in [1.807, 2.05) is 54.6 Å². The fourth-order valence-electron chi connectivity index (χ4n) is 2.17. The minimum absolute atomic E-state index is 0.173. The molecule has 0 aromatic heterocycles. The van der Waals surface area contributed by atoms with Crippen LogP contribution in [0.2, 0.25) is 0 Å². The van der Waals surface area contributed by atoms with Gasteiger partial charge in [-0.3, -0.25) is 4.79 Å². The predicted octanol–water partition coefficient (Wildman–Crippen LogP) is 5.08. The lowest BCUT2D eigenvalue weighted by Gasteiger charge is -2.01. The summed E-state index contributed by atoms with van der Waals surface area (Å²) in [6, 6.07) is 18.4. The molecule has 122 valence electrons. The number of carbonyl (C=O) groups is 1. The third-order valence-electron chi connectivity index (χ3n) is 3.54. The maximum absolute atomic E-state index is 11.1. The first-order valence-electron chi connectivity index (χ1n) is 8.00. The quantitative estimate of drug-likeness (QED) is 0.526. The van der Waals surface area contributed by atoms with Crippen LogP contribution in [0, 0.1) is 0 Å². The second kappa shape index (κ2) is 10.0. The average Bonchev–Trinajstić information content (AvgIpc) is 2.64. The van der Waals surface area contributed by atoms with Gasteiger partial charge >= 0.3 is 5.97 Å². The van der Waals surface area contributed by atoms with Crippen molar-refractivity contribution in [3.63, 3.8) is 0 Å². The second-order valence-electron chi connectivity index (χ2n) is 5.33. The summed E-state index contributed by atoms with van der Waals surface area (Å²) in [4.78, 5) is 11.1. The smallest absolute Gasteiger partial charge is 0.305 e. The summed E-state index contributed by atoms with van der Waals surface area (Å²) >= 11 is 0. The van der Waals surface area contributed by atoms with Crippen LogP contribution in [0.3, 0.4) is 0 Å². The summed E-state index contributed by atoms with van der Waals surface area (Å²) in [7, 11) is 1.42. The van der Waals surface area contributed by atoms with E-state index >= 15 is 0 Å². The van der Waals surface area contributed by atoms with E-state index in [9.17, 15) is 4.79 Å². The van der Waals surface area contributed by atoms with E-state index in [1.165, 1.54) is 12.7 Å². The van der Waals surface area contributed by atoms with Gasteiger partial charge in [0.1, 0.15) is 0 Å². The van der Waals surface area contributed by atoms with Crippen molar-refractivity contribution in [2.75, 3.05) is 7.11 Å². The van der Waals surface area contributed by atoms with Crippen LogP contribution in [-0.2, 0) is 16.0 Å². The van der Waals surface area contributed by atoms with Crippen molar-refractivity contribution < 1.29 is 9.53 Å². The number of hydrogen-bond acceptors (Lipinski definition) is 2. The highest BCUT2D eigenvalue weighted by Gasteiger charge is 2.00. The number of allylic oxidation sites excluding steroid dienone is 4. The van der Waals surface area contributed by atoms with E-state index in [0.717, 1.165) is 11.1 Å². The standard InChI is InChI=1S/C22H22O2/c1-24-22(23)18-17-21-15-13-20(14-16-21)12-6-3-2-5-9-19-10-7-4-8-11-19/h2-16H,17-18H2,1H3. The third kappa shape index (κ3) is 6.49. The molecular weight excluding hydrogens is 296 g/mol. The van der Waals surface area contributed by atoms with Crippen molar-refractivity contribution in [1.82, 2.24) is 0 Å². The molecule has 0 fully saturated rings. The highest BCUT2D eigenvalue weighted by Crippen LogP contribution is 2.09. The van der Waals surface area contributed by atoms with Gasteiger partial charge in [-0.1, -0.05) is 91.1 Å². The van der Waals surface area contributed by atoms with Crippen molar-refractivity contribution in [2.45, 2.75) is 12.8 Å². The SMILES string of the molecule is COC(=O)CCc1ccc(C=CC=CC=Cc2ccccc2)cc1. The van der Waals surface area contributed by atoms with Gasteiger partial charge in [0, 0.05) is 6.42 Å². The molecule has 2 nitrogen and oxygen atoms in total. The Morgan fingerprint density at radius 3 is 2.00 bits per heavy atom. The van der Waals surface area contributed by atoms with Crippen molar-refractivity contribution in [3.05, 3.63) is 95.6 Å². The van der Waals surface area contributed by atoms with E-state index < -0.39 is 0 Å². The number of methoxy groups -OCH3 is 1. The van der Waals surface area contributed by atoms with Crippen LogP contribution in [0.25, 0.3) is 12.2 Å². The van der Waals surface area contributed by atoms with Crippen LogP contribution in [-0.4, -0.2) is 13.1 Å². The van der Waals surface area contributed by atoms with Crippen molar-refractivity contribution in [3.8, 4) is 0 Å². The zero-order chi connectivity index (χ0) is 17.0. The molecule has 0 saturated heterocycles. The summed E-state index contributed by atoms with van der Waals surface area (Å²) in [6.07, 6.45) is 13.3. The molecule has 24 heavy (non-hydrogen) atoms. The van der Waals surface area contributed by atoms with E-state index in [4.69, 9.17) is 0 Å². The number of hydrogen-bond donors (Lipinski definition) is 0. The maximum Gasteiger partial charge on any atom is 0.305 e. The molecule has 2 heteroatoms. The molecular formula is C22H22O2. The number of carbonyl (C=O) groups excluding carboxylic acids is 1. The molecule has 0 aliphatic rings. The second-order valence-corrected chi connectivity index (χ2v) is 5.33. The van der Waals surface area contributed by atoms with Gasteiger partial charge in [0.2, 0.25) is 0 Å². The molecule has 0 heterocycles. The van der Waals surface area contributed by atoms with Crippen molar-refractivity contribution in [1.29, 1.82) is 0 Å². The highest BCUT2D eigenvalue weighted by molar-refractivity contribution is 5.69. The van der Waals surface area contributed by atoms with Crippen LogP contribution in [0.4, 0.5) is 0 Å². The number of rotatable bonds is 7. The van der Waals surface area contributed by atoms with Gasteiger partial charge in [-0.05, 0) is 23.1 Å². The molecule has 2 aromatic rings. The lowest BCUT2D eigenvalue weighted by Crippen LogP contribution is -2.01. The summed E-state index contributed by atoms with van der Waals surface area (Å²) in [5, 5.41) is 0. The summed E-state index contributed by atoms with van der Waals surface area (Å²) in [6.45, 7) is 0. The molecule has 2 aromatic carbocycles. The monoisotopic (exact) mass is 318 g/mol. The van der Waals surface area contributed by atoms with Crippen LogP contribution in [0.1, 0.15) is 23.1 Å². The first-order chi connectivity index (χ1) is 11.8. The Morgan fingerprint density at radius 2 is 1.42 bits per heavy atom. The molecule has 2 rings (SSSR count). The van der Waals surface area contributed by atoms with Gasteiger partial charge in [-0.15, -0.1) is 0 Å². The average molecular weight is 318 g/mol. The van der Waals surface area contributed by atoms with E-state index in [0.29, 0.717) is 12.8 Å². The van der Waals surface area contributed by atoms with Crippen LogP contribution < -0.4 is 0 Å². The Morgan fingerprint density at radius 1 is 0.833 bits per heavy atom. The Kier molecular flexibility index (Phi) is 7.29. The number of esters is 1. The van der Waals surface area contributed by atoms with E-state index in [1.54, 1.807) is 0 Å². The number of aryl methyl sites for hydroxylation is 1. The number of benzene rings is 2. The molecule has 0 saturated carbocycles. The zero-order valence-corrected chi connectivity index (χ0v) is 13.9. The highest BCUT2D eigenvalue weighted by atomic mass is 16.5. The topological polar surface area (TPSA) is 26.3 Å². The maximum atomic E-state index is 11.1. The third-order valence-corrected chi connectivity index (χ3v) is 3.54. The molecule has 0 spiro atoms. The van der Waals surface area contributed by atoms with Gasteiger partial charge in [0.05, 0.1) is 7.11 Å². The van der Waals surface area contributed by atoms with Crippen LogP contribution >= 0.6 is 0 Å². The molecule has 0 bridgehead atoms. The lowest BCUT2D eigenvalue weighted by atomic mass is 10.1. The van der Waals surface area contributed by atoms with Gasteiger partial charge < -0.3 is 4.74 Å². The zero-order valence-electron chi connectivity index (χ0n) is 13.9. The summed E-state index contributed by atoms with van der Waals surface area (Å²) < 4.78 is 4.65. The molecule has 0 radical (unpaired) electrons. The molecule has 0 N–H and O–H groups in total. The Bertz CT molecular complexity index is 707. The van der Waals surface area contributed by atoms with Gasteiger partial charge in [0.25, 0.3) is 0 Å². The largest absolute Gasteiger partial charge is 0.469 e. The summed E-state index contributed by atoms with van der Waals surface area (Å²) in [5.41, 5.74) is 3.46. The fraction of sp³-hybridized carbons (Fsp3) is 0.136. The van der Waals surface area contributed by atoms with E-state index in [-0.39, 0.29) is 5.97 Å². The molecule has 0 aliphatic carbocycles. The van der Waals surface area contributed by atoms with E-state index in [2.05, 4.69) is 41.2 Å². The fourth-order valence-corrected chi connectivity index (χ4v) is 2.17. The van der Waals surface area contributed by atoms with Crippen LogP contribution in [0.5, 0.6) is 0 Å². The number of ether oxygens (including phenoxy) is 1. The first kappa shape index (κ1) is 17.5. The van der Waals surface area contributed by atoms with Crippen LogP contribution in [0.15, 0.2) is 78.9 Å². The van der Waals surface area contributed by atoms with Gasteiger partial charge in [-0.25, -0.2) is 0 Å². The Balaban J connectivity index is 1.80. The molecule has 0 unspecified atom stereocenters. The van der Waals surface area contributed by atoms with Crippen molar-refractivity contribution in [2.24, 2.45) is 0 Å². The minimum atomic E-state index is -0.173. The Hall–Kier alpha value is -2.87. The summed E-state index contributed by atoms with van der Waals surface area (Å²) in [5.74, 6) is -0.173. The van der Waals surface area contributed by atoms with Gasteiger partial charge in [0.15, 0.2) is 0 Å². The van der Waals surface area contributed by atoms with Gasteiger partial charge in [-0.2, -0.15) is 0 Å². The first-order valence-corrected chi connectivity index (χ1v) is 8.00. The predicted molar refractivity (Wildman–Crippen MR) is 100 cm³/mol. The molecule has 0 amide bonds. The molecule has 0 atom stereocenters. The lowest BCUT2D eigenvalue weighted by molar-refractivity contribution is -0.140.